The third-order valence-electron chi connectivity index (χ3n) is 6.00. The molecule has 120 valence electrons. The van der Waals surface area contributed by atoms with Crippen LogP contribution in [0.15, 0.2) is 0 Å². The normalized spacial score (nSPS) is 32.5. The Bertz CT molecular complexity index is 338. The zero-order valence-electron chi connectivity index (χ0n) is 13.3. The van der Waals surface area contributed by atoms with E-state index in [9.17, 15) is 4.79 Å². The minimum Gasteiger partial charge on any atom is -0.340 e. The molecule has 0 radical (unpaired) electrons. The first kappa shape index (κ1) is 15.3. The zero-order valence-corrected chi connectivity index (χ0v) is 13.3. The van der Waals surface area contributed by atoms with Gasteiger partial charge in [-0.05, 0) is 51.0 Å². The first-order chi connectivity index (χ1) is 10.3. The smallest absolute Gasteiger partial charge is 0.225 e. The number of carbonyl (C=O) groups excluding carboxylic acids is 1. The molecule has 0 bridgehead atoms. The summed E-state index contributed by atoms with van der Waals surface area (Å²) in [6.45, 7) is 4.88. The van der Waals surface area contributed by atoms with Crippen LogP contribution >= 0.6 is 0 Å². The minimum absolute atomic E-state index is 0.283. The van der Waals surface area contributed by atoms with Crippen LogP contribution in [0.1, 0.15) is 51.4 Å². The molecule has 1 saturated heterocycles. The molecule has 0 unspecified atom stereocenters. The number of nitrogens with two attached hydrogens (primary N) is 1. The summed E-state index contributed by atoms with van der Waals surface area (Å²) in [6, 6.07) is 0.808. The van der Waals surface area contributed by atoms with E-state index in [1.165, 1.54) is 25.7 Å². The van der Waals surface area contributed by atoms with Crippen molar-refractivity contribution < 1.29 is 4.79 Å². The van der Waals surface area contributed by atoms with Gasteiger partial charge >= 0.3 is 0 Å². The van der Waals surface area contributed by atoms with E-state index in [1.807, 2.05) is 0 Å². The molecule has 2 aliphatic carbocycles. The molecule has 1 heterocycles. The van der Waals surface area contributed by atoms with E-state index in [0.29, 0.717) is 11.8 Å². The summed E-state index contributed by atoms with van der Waals surface area (Å²) in [5.41, 5.74) is 5.74. The summed E-state index contributed by atoms with van der Waals surface area (Å²) < 4.78 is 0. The van der Waals surface area contributed by atoms with E-state index >= 15 is 0 Å². The average Bonchev–Trinajstić information content (AvgIpc) is 3.09. The second-order valence-corrected chi connectivity index (χ2v) is 7.25. The van der Waals surface area contributed by atoms with Gasteiger partial charge in [-0.2, -0.15) is 0 Å². The van der Waals surface area contributed by atoms with Crippen LogP contribution in [0.3, 0.4) is 0 Å². The van der Waals surface area contributed by atoms with E-state index in [1.54, 1.807) is 0 Å². The van der Waals surface area contributed by atoms with Crippen LogP contribution in [0.25, 0.3) is 0 Å². The molecule has 1 amide bonds. The fourth-order valence-corrected chi connectivity index (χ4v) is 4.48. The Morgan fingerprint density at radius 1 is 0.905 bits per heavy atom. The number of rotatable bonds is 3. The van der Waals surface area contributed by atoms with Crippen LogP contribution in [0.2, 0.25) is 0 Å². The van der Waals surface area contributed by atoms with Crippen molar-refractivity contribution in [3.05, 3.63) is 0 Å². The molecule has 3 fully saturated rings. The standard InChI is InChI=1S/C17H31N3O/c18-13-14-5-7-15(8-6-14)17(21)20-11-9-19(10-12-20)16-3-1-2-4-16/h14-16H,1-13,18H2. The van der Waals surface area contributed by atoms with Crippen molar-refractivity contribution in [3.63, 3.8) is 0 Å². The van der Waals surface area contributed by atoms with Crippen LogP contribution in [0.4, 0.5) is 0 Å². The Balaban J connectivity index is 1.44. The molecule has 4 heteroatoms. The Morgan fingerprint density at radius 2 is 1.52 bits per heavy atom. The van der Waals surface area contributed by atoms with Crippen LogP contribution < -0.4 is 5.73 Å². The summed E-state index contributed by atoms with van der Waals surface area (Å²) >= 11 is 0. The van der Waals surface area contributed by atoms with Crippen molar-refractivity contribution in [2.45, 2.75) is 57.4 Å². The Labute approximate surface area is 129 Å². The molecule has 2 saturated carbocycles. The predicted octanol–water partition coefficient (Wildman–Crippen LogP) is 1.84. The van der Waals surface area contributed by atoms with Crippen molar-refractivity contribution in [1.82, 2.24) is 9.80 Å². The van der Waals surface area contributed by atoms with Gasteiger partial charge < -0.3 is 10.6 Å². The molecule has 3 rings (SSSR count). The predicted molar refractivity (Wildman–Crippen MR) is 84.9 cm³/mol. The van der Waals surface area contributed by atoms with Crippen LogP contribution in [0, 0.1) is 11.8 Å². The second-order valence-electron chi connectivity index (χ2n) is 7.25. The van der Waals surface area contributed by atoms with E-state index in [-0.39, 0.29) is 5.92 Å². The molecule has 0 aromatic heterocycles. The Morgan fingerprint density at radius 3 is 2.10 bits per heavy atom. The second kappa shape index (κ2) is 7.10. The molecule has 1 aliphatic heterocycles. The van der Waals surface area contributed by atoms with Gasteiger partial charge in [0.15, 0.2) is 0 Å². The van der Waals surface area contributed by atoms with Crippen LogP contribution in [-0.4, -0.2) is 54.5 Å². The zero-order chi connectivity index (χ0) is 14.7. The summed E-state index contributed by atoms with van der Waals surface area (Å²) in [6.07, 6.45) is 9.95. The highest BCUT2D eigenvalue weighted by Crippen LogP contribution is 2.30. The van der Waals surface area contributed by atoms with Crippen molar-refractivity contribution in [2.24, 2.45) is 17.6 Å². The summed E-state index contributed by atoms with van der Waals surface area (Å²) in [4.78, 5) is 17.4. The maximum Gasteiger partial charge on any atom is 0.225 e. The Hall–Kier alpha value is -0.610. The average molecular weight is 293 g/mol. The lowest BCUT2D eigenvalue weighted by molar-refractivity contribution is -0.139. The fraction of sp³-hybridized carbons (Fsp3) is 0.941. The van der Waals surface area contributed by atoms with Gasteiger partial charge in [0.05, 0.1) is 0 Å². The number of carbonyl (C=O) groups is 1. The van der Waals surface area contributed by atoms with Gasteiger partial charge in [-0.15, -0.1) is 0 Å². The summed E-state index contributed by atoms with van der Waals surface area (Å²) in [5.74, 6) is 1.37. The van der Waals surface area contributed by atoms with Gasteiger partial charge in [0.2, 0.25) is 5.91 Å². The van der Waals surface area contributed by atoms with Crippen molar-refractivity contribution in [2.75, 3.05) is 32.7 Å². The van der Waals surface area contributed by atoms with E-state index in [2.05, 4.69) is 9.80 Å². The third-order valence-corrected chi connectivity index (χ3v) is 6.00. The van der Waals surface area contributed by atoms with Gasteiger partial charge in [-0.25, -0.2) is 0 Å². The van der Waals surface area contributed by atoms with Gasteiger partial charge in [0.25, 0.3) is 0 Å². The minimum atomic E-state index is 0.283. The fourth-order valence-electron chi connectivity index (χ4n) is 4.48. The highest BCUT2D eigenvalue weighted by Gasteiger charge is 2.32. The quantitative estimate of drug-likeness (QED) is 0.864. The monoisotopic (exact) mass is 293 g/mol. The van der Waals surface area contributed by atoms with Gasteiger partial charge in [0, 0.05) is 38.1 Å². The molecular weight excluding hydrogens is 262 g/mol. The topological polar surface area (TPSA) is 49.6 Å². The highest BCUT2D eigenvalue weighted by atomic mass is 16.2. The molecule has 0 atom stereocenters. The Kier molecular flexibility index (Phi) is 5.17. The van der Waals surface area contributed by atoms with Crippen LogP contribution in [-0.2, 0) is 4.79 Å². The third kappa shape index (κ3) is 3.59. The summed E-state index contributed by atoms with van der Waals surface area (Å²) in [7, 11) is 0. The molecule has 2 N–H and O–H groups in total. The summed E-state index contributed by atoms with van der Waals surface area (Å²) in [5, 5.41) is 0. The van der Waals surface area contributed by atoms with E-state index in [4.69, 9.17) is 5.73 Å². The molecule has 0 spiro atoms. The van der Waals surface area contributed by atoms with Gasteiger partial charge in [-0.3, -0.25) is 9.69 Å². The number of amides is 1. The lowest BCUT2D eigenvalue weighted by Gasteiger charge is -2.40. The lowest BCUT2D eigenvalue weighted by Crippen LogP contribution is -2.52. The molecule has 0 aromatic carbocycles. The number of hydrogen-bond donors (Lipinski definition) is 1. The molecule has 3 aliphatic rings. The van der Waals surface area contributed by atoms with Crippen molar-refractivity contribution >= 4 is 5.91 Å². The van der Waals surface area contributed by atoms with E-state index in [0.717, 1.165) is 64.4 Å². The van der Waals surface area contributed by atoms with Gasteiger partial charge in [-0.1, -0.05) is 12.8 Å². The van der Waals surface area contributed by atoms with Gasteiger partial charge in [0.1, 0.15) is 0 Å². The maximum absolute atomic E-state index is 12.7. The van der Waals surface area contributed by atoms with Crippen molar-refractivity contribution in [1.29, 1.82) is 0 Å². The molecule has 21 heavy (non-hydrogen) atoms. The molecular formula is C17H31N3O. The number of nitrogens with zero attached hydrogens (tertiary/aromatic N) is 2. The van der Waals surface area contributed by atoms with E-state index < -0.39 is 0 Å². The first-order valence-corrected chi connectivity index (χ1v) is 9.01. The number of piperazine rings is 1. The van der Waals surface area contributed by atoms with Crippen molar-refractivity contribution in [3.8, 4) is 0 Å². The molecule has 0 aromatic rings. The SMILES string of the molecule is NCC1CCC(C(=O)N2CCN(C3CCCC3)CC2)CC1. The maximum atomic E-state index is 12.7. The first-order valence-electron chi connectivity index (χ1n) is 9.01. The largest absolute Gasteiger partial charge is 0.340 e. The van der Waals surface area contributed by atoms with Crippen LogP contribution in [0.5, 0.6) is 0 Å². The number of hydrogen-bond acceptors (Lipinski definition) is 3. The highest BCUT2D eigenvalue weighted by molar-refractivity contribution is 5.79. The lowest BCUT2D eigenvalue weighted by atomic mass is 9.81. The molecule has 4 nitrogen and oxygen atoms in total.